The highest BCUT2D eigenvalue weighted by Crippen LogP contribution is 2.28. The molecule has 1 saturated heterocycles. The van der Waals surface area contributed by atoms with Crippen molar-refractivity contribution in [1.82, 2.24) is 10.3 Å². The number of carbonyl (C=O) groups excluding carboxylic acids is 1. The summed E-state index contributed by atoms with van der Waals surface area (Å²) in [4.78, 5) is 17.2. The Kier molecular flexibility index (Phi) is 4.72. The minimum atomic E-state index is 0.171. The number of piperidine rings is 1. The molecule has 23 heavy (non-hydrogen) atoms. The number of fused-ring (bicyclic) bond motifs is 1. The molecule has 120 valence electrons. The molecule has 1 fully saturated rings. The number of hydrogen-bond acceptors (Lipinski definition) is 4. The lowest BCUT2D eigenvalue weighted by Gasteiger charge is -2.29. The number of benzene rings is 1. The van der Waals surface area contributed by atoms with Gasteiger partial charge in [-0.25, -0.2) is 0 Å². The van der Waals surface area contributed by atoms with Gasteiger partial charge in [-0.1, -0.05) is 6.08 Å². The molecule has 1 aliphatic rings. The molecule has 1 aliphatic heterocycles. The van der Waals surface area contributed by atoms with Crippen LogP contribution in [0.25, 0.3) is 10.9 Å². The normalized spacial score (nSPS) is 21.1. The molecule has 3 rings (SSSR count). The molecule has 0 bridgehead atoms. The number of ether oxygens (including phenoxy) is 1. The van der Waals surface area contributed by atoms with Crippen LogP contribution in [0.4, 0.5) is 0 Å². The molecule has 0 spiro atoms. The van der Waals surface area contributed by atoms with Crippen LogP contribution >= 0.6 is 0 Å². The monoisotopic (exact) mass is 310 g/mol. The summed E-state index contributed by atoms with van der Waals surface area (Å²) < 4.78 is 5.28. The SMILES string of the molecule is C=C[C@H]1CNCCC1CC(=O)c1ccnc2ccc(OC)cc12. The quantitative estimate of drug-likeness (QED) is 0.680. The van der Waals surface area contributed by atoms with Crippen LogP contribution in [0.2, 0.25) is 0 Å². The summed E-state index contributed by atoms with van der Waals surface area (Å²) in [6, 6.07) is 7.46. The zero-order valence-corrected chi connectivity index (χ0v) is 13.4. The van der Waals surface area contributed by atoms with Crippen molar-refractivity contribution in [2.75, 3.05) is 20.2 Å². The fourth-order valence-electron chi connectivity index (χ4n) is 3.31. The van der Waals surface area contributed by atoms with Crippen molar-refractivity contribution in [3.63, 3.8) is 0 Å². The van der Waals surface area contributed by atoms with Crippen LogP contribution in [0.15, 0.2) is 43.1 Å². The van der Waals surface area contributed by atoms with Crippen LogP contribution < -0.4 is 10.1 Å². The third-order valence-electron chi connectivity index (χ3n) is 4.68. The van der Waals surface area contributed by atoms with Gasteiger partial charge in [-0.3, -0.25) is 9.78 Å². The number of pyridine rings is 1. The smallest absolute Gasteiger partial charge is 0.163 e. The highest BCUT2D eigenvalue weighted by atomic mass is 16.5. The highest BCUT2D eigenvalue weighted by Gasteiger charge is 2.25. The number of rotatable bonds is 5. The van der Waals surface area contributed by atoms with Crippen LogP contribution in [0.1, 0.15) is 23.2 Å². The number of methoxy groups -OCH3 is 1. The first-order valence-corrected chi connectivity index (χ1v) is 8.02. The first kappa shape index (κ1) is 15.7. The van der Waals surface area contributed by atoms with Gasteiger partial charge in [-0.2, -0.15) is 0 Å². The molecule has 1 unspecified atom stereocenters. The number of nitrogens with zero attached hydrogens (tertiary/aromatic N) is 1. The predicted octanol–water partition coefficient (Wildman–Crippen LogP) is 3.23. The van der Waals surface area contributed by atoms with Crippen molar-refractivity contribution in [3.05, 3.63) is 48.7 Å². The van der Waals surface area contributed by atoms with Gasteiger partial charge in [0.05, 0.1) is 12.6 Å². The van der Waals surface area contributed by atoms with Gasteiger partial charge in [-0.05, 0) is 49.1 Å². The lowest BCUT2D eigenvalue weighted by molar-refractivity contribution is 0.0941. The summed E-state index contributed by atoms with van der Waals surface area (Å²) in [5, 5.41) is 4.23. The fourth-order valence-corrected chi connectivity index (χ4v) is 3.31. The molecule has 0 amide bonds. The molecule has 4 nitrogen and oxygen atoms in total. The molecule has 0 radical (unpaired) electrons. The summed E-state index contributed by atoms with van der Waals surface area (Å²) in [6.07, 6.45) is 5.23. The van der Waals surface area contributed by atoms with E-state index in [9.17, 15) is 4.79 Å². The van der Waals surface area contributed by atoms with Crippen LogP contribution in [-0.2, 0) is 0 Å². The van der Waals surface area contributed by atoms with Gasteiger partial charge in [0.25, 0.3) is 0 Å². The van der Waals surface area contributed by atoms with E-state index in [2.05, 4.69) is 16.9 Å². The van der Waals surface area contributed by atoms with Crippen molar-refractivity contribution in [3.8, 4) is 5.75 Å². The molecular formula is C19H22N2O2. The average Bonchev–Trinajstić information content (AvgIpc) is 2.61. The van der Waals surface area contributed by atoms with Gasteiger partial charge in [-0.15, -0.1) is 6.58 Å². The van der Waals surface area contributed by atoms with Crippen LogP contribution in [0, 0.1) is 11.8 Å². The molecule has 2 atom stereocenters. The molecule has 1 N–H and O–H groups in total. The molecule has 2 heterocycles. The van der Waals surface area contributed by atoms with Crippen LogP contribution in [-0.4, -0.2) is 31.0 Å². The third-order valence-corrected chi connectivity index (χ3v) is 4.68. The third kappa shape index (κ3) is 3.27. The van der Waals surface area contributed by atoms with Gasteiger partial charge in [0.1, 0.15) is 5.75 Å². The molecule has 1 aromatic carbocycles. The second-order valence-corrected chi connectivity index (χ2v) is 6.02. The highest BCUT2D eigenvalue weighted by molar-refractivity contribution is 6.07. The zero-order chi connectivity index (χ0) is 16.2. The molecule has 0 saturated carbocycles. The van der Waals surface area contributed by atoms with E-state index >= 15 is 0 Å². The zero-order valence-electron chi connectivity index (χ0n) is 13.4. The van der Waals surface area contributed by atoms with Crippen molar-refractivity contribution >= 4 is 16.7 Å². The first-order valence-electron chi connectivity index (χ1n) is 8.02. The second kappa shape index (κ2) is 6.92. The van der Waals surface area contributed by atoms with Crippen molar-refractivity contribution < 1.29 is 9.53 Å². The van der Waals surface area contributed by atoms with E-state index in [0.717, 1.165) is 41.7 Å². The first-order chi connectivity index (χ1) is 11.2. The summed E-state index contributed by atoms with van der Waals surface area (Å²) in [6.45, 7) is 5.78. The minimum Gasteiger partial charge on any atom is -0.497 e. The molecule has 2 aromatic rings. The topological polar surface area (TPSA) is 51.2 Å². The van der Waals surface area contributed by atoms with Gasteiger partial charge in [0.2, 0.25) is 0 Å². The standard InChI is InChI=1S/C19H22N2O2/c1-3-13-12-20-8-6-14(13)10-19(22)16-7-9-21-18-5-4-15(23-2)11-17(16)18/h3-5,7,9,11,13-14,20H,1,6,8,10,12H2,2H3/t13-,14?/m0/s1. The van der Waals surface area contributed by atoms with E-state index in [1.165, 1.54) is 0 Å². The maximum atomic E-state index is 12.9. The van der Waals surface area contributed by atoms with Crippen molar-refractivity contribution in [2.45, 2.75) is 12.8 Å². The van der Waals surface area contributed by atoms with E-state index in [1.54, 1.807) is 13.3 Å². The van der Waals surface area contributed by atoms with Gasteiger partial charge in [0, 0.05) is 30.1 Å². The lowest BCUT2D eigenvalue weighted by atomic mass is 9.82. The van der Waals surface area contributed by atoms with E-state index < -0.39 is 0 Å². The molecular weight excluding hydrogens is 288 g/mol. The van der Waals surface area contributed by atoms with Gasteiger partial charge < -0.3 is 10.1 Å². The van der Waals surface area contributed by atoms with Gasteiger partial charge >= 0.3 is 0 Å². The maximum absolute atomic E-state index is 12.9. The summed E-state index contributed by atoms with van der Waals surface area (Å²) in [5.41, 5.74) is 1.55. The van der Waals surface area contributed by atoms with Crippen LogP contribution in [0.5, 0.6) is 5.75 Å². The predicted molar refractivity (Wildman–Crippen MR) is 91.9 cm³/mol. The molecule has 1 aromatic heterocycles. The molecule has 0 aliphatic carbocycles. The molecule has 4 heteroatoms. The fraction of sp³-hybridized carbons (Fsp3) is 0.368. The summed E-state index contributed by atoms with van der Waals surface area (Å²) in [7, 11) is 1.63. The summed E-state index contributed by atoms with van der Waals surface area (Å²) >= 11 is 0. The lowest BCUT2D eigenvalue weighted by Crippen LogP contribution is -2.36. The maximum Gasteiger partial charge on any atom is 0.163 e. The number of hydrogen-bond donors (Lipinski definition) is 1. The number of nitrogens with one attached hydrogen (secondary N) is 1. The van der Waals surface area contributed by atoms with E-state index in [-0.39, 0.29) is 5.78 Å². The second-order valence-electron chi connectivity index (χ2n) is 6.02. The largest absolute Gasteiger partial charge is 0.497 e. The Morgan fingerprint density at radius 3 is 3.13 bits per heavy atom. The Bertz CT molecular complexity index is 726. The number of carbonyl (C=O) groups is 1. The Morgan fingerprint density at radius 1 is 1.48 bits per heavy atom. The number of Topliss-reactive ketones (excluding diaryl/α,β-unsaturated/α-hetero) is 1. The van der Waals surface area contributed by atoms with E-state index in [4.69, 9.17) is 4.74 Å². The minimum absolute atomic E-state index is 0.171. The average molecular weight is 310 g/mol. The Balaban J connectivity index is 1.89. The Morgan fingerprint density at radius 2 is 2.35 bits per heavy atom. The summed E-state index contributed by atoms with van der Waals surface area (Å²) in [5.74, 6) is 1.63. The number of aromatic nitrogens is 1. The van der Waals surface area contributed by atoms with Crippen molar-refractivity contribution in [1.29, 1.82) is 0 Å². The van der Waals surface area contributed by atoms with E-state index in [1.807, 2.05) is 30.3 Å². The van der Waals surface area contributed by atoms with Crippen molar-refractivity contribution in [2.24, 2.45) is 11.8 Å². The Labute approximate surface area is 136 Å². The van der Waals surface area contributed by atoms with Crippen LogP contribution in [0.3, 0.4) is 0 Å². The number of ketones is 1. The van der Waals surface area contributed by atoms with Gasteiger partial charge in [0.15, 0.2) is 5.78 Å². The van der Waals surface area contributed by atoms with E-state index in [0.29, 0.717) is 18.3 Å². The Hall–Kier alpha value is -2.20.